The molecule has 0 radical (unpaired) electrons. The van der Waals surface area contributed by atoms with Gasteiger partial charge in [0.1, 0.15) is 5.75 Å². The van der Waals surface area contributed by atoms with Gasteiger partial charge in [0.2, 0.25) is 0 Å². The van der Waals surface area contributed by atoms with Crippen molar-refractivity contribution in [3.8, 4) is 16.9 Å². The van der Waals surface area contributed by atoms with E-state index in [9.17, 15) is 9.59 Å². The lowest BCUT2D eigenvalue weighted by atomic mass is 9.96. The third kappa shape index (κ3) is 6.84. The molecule has 2 aliphatic heterocycles. The Balaban J connectivity index is 1.22. The second kappa shape index (κ2) is 13.1. The van der Waals surface area contributed by atoms with Gasteiger partial charge in [0.15, 0.2) is 0 Å². The molecule has 3 aromatic carbocycles. The van der Waals surface area contributed by atoms with Crippen LogP contribution in [0.1, 0.15) is 57.0 Å². The minimum atomic E-state index is -0.153. The van der Waals surface area contributed by atoms with Gasteiger partial charge >= 0.3 is 0 Å². The van der Waals surface area contributed by atoms with Crippen molar-refractivity contribution in [1.29, 1.82) is 0 Å². The van der Waals surface area contributed by atoms with Crippen LogP contribution in [-0.4, -0.2) is 87.1 Å². The first kappa shape index (κ1) is 29.8. The van der Waals surface area contributed by atoms with Gasteiger partial charge in [0.25, 0.3) is 11.8 Å². The van der Waals surface area contributed by atoms with Crippen molar-refractivity contribution in [3.05, 3.63) is 82.9 Å². The molecule has 0 aromatic heterocycles. The van der Waals surface area contributed by atoms with E-state index in [4.69, 9.17) is 4.74 Å². The second-order valence-corrected chi connectivity index (χ2v) is 11.9. The number of amides is 2. The minimum Gasteiger partial charge on any atom is -0.496 e. The van der Waals surface area contributed by atoms with E-state index in [0.29, 0.717) is 23.1 Å². The van der Waals surface area contributed by atoms with Crippen LogP contribution in [0.3, 0.4) is 0 Å². The van der Waals surface area contributed by atoms with Gasteiger partial charge in [0.05, 0.1) is 7.11 Å². The third-order valence-electron chi connectivity index (χ3n) is 8.72. The SMILES string of the molecule is COc1ccc(NC(=O)c2ccc(-c3ccc(C(=O)NN4CCC(N(C)C)CC4)cc3C)cc2)cc1C1CCN(C)C1. The largest absolute Gasteiger partial charge is 0.496 e. The van der Waals surface area contributed by atoms with E-state index in [1.165, 1.54) is 0 Å². The Bertz CT molecular complexity index is 1410. The Morgan fingerprint density at radius 1 is 0.881 bits per heavy atom. The molecule has 5 rings (SSSR count). The van der Waals surface area contributed by atoms with Crippen LogP contribution in [0.5, 0.6) is 5.75 Å². The molecule has 222 valence electrons. The molecule has 2 amide bonds. The van der Waals surface area contributed by atoms with E-state index < -0.39 is 0 Å². The Labute approximate surface area is 249 Å². The van der Waals surface area contributed by atoms with Crippen LogP contribution >= 0.6 is 0 Å². The average Bonchev–Trinajstić information content (AvgIpc) is 3.43. The van der Waals surface area contributed by atoms with Crippen molar-refractivity contribution in [3.63, 3.8) is 0 Å². The zero-order valence-corrected chi connectivity index (χ0v) is 25.4. The van der Waals surface area contributed by atoms with Crippen LogP contribution in [0, 0.1) is 6.92 Å². The molecular weight excluding hydrogens is 526 g/mol. The quantitative estimate of drug-likeness (QED) is 0.397. The summed E-state index contributed by atoms with van der Waals surface area (Å²) in [4.78, 5) is 30.6. The standard InChI is InChI=1S/C34H43N5O3/c1-23-20-26(34(41)36-39-18-15-29(16-19-39)37(2)3)10-12-30(23)24-6-8-25(9-7-24)33(40)35-28-11-13-32(42-5)31(21-28)27-14-17-38(4)22-27/h6-13,20-21,27,29H,14-19,22H2,1-5H3,(H,35,40)(H,36,41). The highest BCUT2D eigenvalue weighted by Gasteiger charge is 2.25. The summed E-state index contributed by atoms with van der Waals surface area (Å²) in [5, 5.41) is 5.08. The highest BCUT2D eigenvalue weighted by molar-refractivity contribution is 6.04. The molecule has 0 bridgehead atoms. The number of ether oxygens (including phenoxy) is 1. The molecule has 42 heavy (non-hydrogen) atoms. The van der Waals surface area contributed by atoms with Crippen molar-refractivity contribution < 1.29 is 14.3 Å². The van der Waals surface area contributed by atoms with Crippen molar-refractivity contribution >= 4 is 17.5 Å². The summed E-state index contributed by atoms with van der Waals surface area (Å²) in [5.41, 5.74) is 9.24. The highest BCUT2D eigenvalue weighted by Crippen LogP contribution is 2.35. The van der Waals surface area contributed by atoms with Crippen molar-refractivity contribution in [1.82, 2.24) is 20.2 Å². The number of benzene rings is 3. The van der Waals surface area contributed by atoms with Crippen molar-refractivity contribution in [2.75, 3.05) is 59.7 Å². The van der Waals surface area contributed by atoms with Crippen LogP contribution < -0.4 is 15.5 Å². The Morgan fingerprint density at radius 3 is 2.21 bits per heavy atom. The monoisotopic (exact) mass is 569 g/mol. The number of rotatable bonds is 8. The molecule has 8 nitrogen and oxygen atoms in total. The number of hydrazine groups is 1. The van der Waals surface area contributed by atoms with Crippen LogP contribution in [0.2, 0.25) is 0 Å². The van der Waals surface area contributed by atoms with E-state index >= 15 is 0 Å². The van der Waals surface area contributed by atoms with E-state index in [-0.39, 0.29) is 11.8 Å². The molecule has 0 saturated carbocycles. The van der Waals surface area contributed by atoms with Gasteiger partial charge in [-0.05, 0) is 113 Å². The molecule has 1 unspecified atom stereocenters. The van der Waals surface area contributed by atoms with E-state index in [1.54, 1.807) is 7.11 Å². The third-order valence-corrected chi connectivity index (χ3v) is 8.72. The highest BCUT2D eigenvalue weighted by atomic mass is 16.5. The molecule has 2 saturated heterocycles. The van der Waals surface area contributed by atoms with Gasteiger partial charge in [-0.25, -0.2) is 5.01 Å². The van der Waals surface area contributed by atoms with E-state index in [0.717, 1.165) is 79.1 Å². The Kier molecular flexibility index (Phi) is 9.26. The molecule has 2 fully saturated rings. The lowest BCUT2D eigenvalue weighted by Crippen LogP contribution is -2.50. The number of anilines is 1. The normalized spacial score (nSPS) is 18.3. The van der Waals surface area contributed by atoms with Gasteiger partial charge in [0, 0.05) is 54.0 Å². The van der Waals surface area contributed by atoms with Crippen LogP contribution in [0.4, 0.5) is 5.69 Å². The average molecular weight is 570 g/mol. The molecule has 1 atom stereocenters. The van der Waals surface area contributed by atoms with Crippen LogP contribution in [-0.2, 0) is 0 Å². The Morgan fingerprint density at radius 2 is 1.60 bits per heavy atom. The maximum atomic E-state index is 13.1. The van der Waals surface area contributed by atoms with Crippen LogP contribution in [0.25, 0.3) is 11.1 Å². The van der Waals surface area contributed by atoms with Gasteiger partial charge in [-0.2, -0.15) is 0 Å². The fourth-order valence-corrected chi connectivity index (χ4v) is 6.16. The topological polar surface area (TPSA) is 77.1 Å². The number of nitrogens with one attached hydrogen (secondary N) is 2. The molecule has 2 heterocycles. The van der Waals surface area contributed by atoms with E-state index in [1.807, 2.05) is 72.6 Å². The molecular formula is C34H43N5O3. The van der Waals surface area contributed by atoms with Crippen molar-refractivity contribution in [2.24, 2.45) is 0 Å². The van der Waals surface area contributed by atoms with Crippen LogP contribution in [0.15, 0.2) is 60.7 Å². The van der Waals surface area contributed by atoms with Crippen molar-refractivity contribution in [2.45, 2.75) is 38.1 Å². The predicted molar refractivity (Wildman–Crippen MR) is 168 cm³/mol. The lowest BCUT2D eigenvalue weighted by molar-refractivity contribution is 0.0661. The molecule has 0 aliphatic carbocycles. The number of nitrogens with zero attached hydrogens (tertiary/aromatic N) is 3. The second-order valence-electron chi connectivity index (χ2n) is 11.9. The number of methoxy groups -OCH3 is 1. The first-order chi connectivity index (χ1) is 20.2. The zero-order chi connectivity index (χ0) is 29.8. The van der Waals surface area contributed by atoms with Gasteiger partial charge < -0.3 is 19.9 Å². The summed E-state index contributed by atoms with van der Waals surface area (Å²) in [6, 6.07) is 19.8. The predicted octanol–water partition coefficient (Wildman–Crippen LogP) is 5.01. The zero-order valence-electron chi connectivity index (χ0n) is 25.4. The number of piperidine rings is 1. The van der Waals surface area contributed by atoms with Gasteiger partial charge in [-0.1, -0.05) is 18.2 Å². The summed E-state index contributed by atoms with van der Waals surface area (Å²) < 4.78 is 5.61. The molecule has 0 spiro atoms. The number of carbonyl (C=O) groups excluding carboxylic acids is 2. The van der Waals surface area contributed by atoms with E-state index in [2.05, 4.69) is 41.7 Å². The summed E-state index contributed by atoms with van der Waals surface area (Å²) >= 11 is 0. The van der Waals surface area contributed by atoms with Gasteiger partial charge in [-0.15, -0.1) is 0 Å². The number of carbonyl (C=O) groups is 2. The maximum Gasteiger partial charge on any atom is 0.265 e. The fourth-order valence-electron chi connectivity index (χ4n) is 6.16. The fraction of sp³-hybridized carbons (Fsp3) is 0.412. The summed E-state index contributed by atoms with van der Waals surface area (Å²) in [6.45, 7) is 5.75. The number of aryl methyl sites for hydroxylation is 1. The molecule has 2 aliphatic rings. The molecule has 8 heteroatoms. The first-order valence-electron chi connectivity index (χ1n) is 14.8. The summed E-state index contributed by atoms with van der Waals surface area (Å²) in [6.07, 6.45) is 3.16. The minimum absolute atomic E-state index is 0.0818. The maximum absolute atomic E-state index is 13.1. The smallest absolute Gasteiger partial charge is 0.265 e. The molecule has 3 aromatic rings. The Hall–Kier alpha value is -3.72. The lowest BCUT2D eigenvalue weighted by Gasteiger charge is -2.35. The number of hydrogen-bond donors (Lipinski definition) is 2. The summed E-state index contributed by atoms with van der Waals surface area (Å²) in [7, 11) is 8.04. The summed E-state index contributed by atoms with van der Waals surface area (Å²) in [5.74, 6) is 1.02. The number of hydrogen-bond acceptors (Lipinski definition) is 6. The number of likely N-dealkylation sites (tertiary alicyclic amines) is 1. The first-order valence-corrected chi connectivity index (χ1v) is 14.8. The molecule has 2 N–H and O–H groups in total. The van der Waals surface area contributed by atoms with Gasteiger partial charge in [-0.3, -0.25) is 15.0 Å². The number of likely N-dealkylation sites (N-methyl/N-ethyl adjacent to an activating group) is 1.